The van der Waals surface area contributed by atoms with Crippen LogP contribution >= 0.6 is 0 Å². The van der Waals surface area contributed by atoms with Crippen LogP contribution in [0, 0.1) is 12.8 Å². The third-order valence-corrected chi connectivity index (χ3v) is 3.86. The number of hydrogen-bond acceptors (Lipinski definition) is 4. The Labute approximate surface area is 151 Å². The second-order valence-corrected chi connectivity index (χ2v) is 6.23. The zero-order chi connectivity index (χ0) is 19.4. The number of hydrogen-bond donors (Lipinski definition) is 3. The third kappa shape index (κ3) is 4.30. The SMILES string of the molecule is CCc1oc(C(=O)Nc2cc(NC(=O)C(C)C)ccc2C)cc1C(=O)O. The van der Waals surface area contributed by atoms with Crippen molar-refractivity contribution in [2.45, 2.75) is 34.1 Å². The average molecular weight is 358 g/mol. The van der Waals surface area contributed by atoms with Crippen molar-refractivity contribution in [2.24, 2.45) is 5.92 Å². The number of amides is 2. The van der Waals surface area contributed by atoms with Crippen LogP contribution < -0.4 is 10.6 Å². The van der Waals surface area contributed by atoms with E-state index >= 15 is 0 Å². The normalized spacial score (nSPS) is 10.7. The minimum Gasteiger partial charge on any atom is -0.478 e. The summed E-state index contributed by atoms with van der Waals surface area (Å²) in [5.41, 5.74) is 1.83. The van der Waals surface area contributed by atoms with E-state index in [1.165, 1.54) is 6.07 Å². The fourth-order valence-corrected chi connectivity index (χ4v) is 2.29. The lowest BCUT2D eigenvalue weighted by Crippen LogP contribution is -2.18. The van der Waals surface area contributed by atoms with Gasteiger partial charge in [0.25, 0.3) is 5.91 Å². The molecule has 0 unspecified atom stereocenters. The number of carbonyl (C=O) groups excluding carboxylic acids is 2. The first-order valence-electron chi connectivity index (χ1n) is 8.31. The molecule has 26 heavy (non-hydrogen) atoms. The number of rotatable bonds is 6. The van der Waals surface area contributed by atoms with E-state index in [4.69, 9.17) is 9.52 Å². The van der Waals surface area contributed by atoms with Gasteiger partial charge >= 0.3 is 5.97 Å². The lowest BCUT2D eigenvalue weighted by Gasteiger charge is -2.12. The van der Waals surface area contributed by atoms with Crippen LogP contribution in [0.15, 0.2) is 28.7 Å². The molecule has 0 spiro atoms. The summed E-state index contributed by atoms with van der Waals surface area (Å²) < 4.78 is 5.36. The van der Waals surface area contributed by atoms with E-state index in [1.807, 2.05) is 6.92 Å². The van der Waals surface area contributed by atoms with Crippen LogP contribution in [0.1, 0.15) is 53.0 Å². The molecular formula is C19H22N2O5. The second-order valence-electron chi connectivity index (χ2n) is 6.23. The van der Waals surface area contributed by atoms with E-state index in [1.54, 1.807) is 39.0 Å². The zero-order valence-corrected chi connectivity index (χ0v) is 15.2. The molecule has 1 aromatic carbocycles. The minimum atomic E-state index is -1.14. The first kappa shape index (κ1) is 19.2. The maximum Gasteiger partial charge on any atom is 0.339 e. The van der Waals surface area contributed by atoms with Crippen LogP contribution in [0.2, 0.25) is 0 Å². The first-order chi connectivity index (χ1) is 12.2. The molecule has 138 valence electrons. The molecular weight excluding hydrogens is 336 g/mol. The molecule has 7 nitrogen and oxygen atoms in total. The number of carboxylic acid groups (broad SMARTS) is 1. The molecule has 7 heteroatoms. The number of aromatic carboxylic acids is 1. The summed E-state index contributed by atoms with van der Waals surface area (Å²) in [4.78, 5) is 35.4. The van der Waals surface area contributed by atoms with Gasteiger partial charge in [0.05, 0.1) is 0 Å². The number of aryl methyl sites for hydroxylation is 2. The van der Waals surface area contributed by atoms with Crippen LogP contribution in [0.25, 0.3) is 0 Å². The Hall–Kier alpha value is -3.09. The Kier molecular flexibility index (Phi) is 5.82. The summed E-state index contributed by atoms with van der Waals surface area (Å²) in [5, 5.41) is 14.6. The van der Waals surface area contributed by atoms with Crippen LogP contribution in [0.3, 0.4) is 0 Å². The van der Waals surface area contributed by atoms with E-state index in [9.17, 15) is 14.4 Å². The Bertz CT molecular complexity index is 852. The molecule has 0 aliphatic rings. The van der Waals surface area contributed by atoms with E-state index in [0.29, 0.717) is 17.8 Å². The standard InChI is InChI=1S/C19H22N2O5/c1-5-15-13(19(24)25)9-16(26-15)18(23)21-14-8-12(7-6-11(14)4)20-17(22)10(2)3/h6-10H,5H2,1-4H3,(H,20,22)(H,21,23)(H,24,25). The smallest absolute Gasteiger partial charge is 0.339 e. The van der Waals surface area contributed by atoms with Gasteiger partial charge in [-0.05, 0) is 24.6 Å². The van der Waals surface area contributed by atoms with E-state index < -0.39 is 11.9 Å². The molecule has 0 aliphatic heterocycles. The summed E-state index contributed by atoms with van der Waals surface area (Å²) in [6.07, 6.45) is 0.366. The van der Waals surface area contributed by atoms with Crippen LogP contribution in [0.5, 0.6) is 0 Å². The average Bonchev–Trinajstić information content (AvgIpc) is 3.02. The zero-order valence-electron chi connectivity index (χ0n) is 15.2. The largest absolute Gasteiger partial charge is 0.478 e. The molecule has 0 saturated carbocycles. The van der Waals surface area contributed by atoms with Gasteiger partial charge in [-0.1, -0.05) is 26.8 Å². The maximum atomic E-state index is 12.4. The van der Waals surface area contributed by atoms with Crippen molar-refractivity contribution in [3.8, 4) is 0 Å². The molecule has 0 radical (unpaired) electrons. The monoisotopic (exact) mass is 358 g/mol. The highest BCUT2D eigenvalue weighted by Crippen LogP contribution is 2.23. The Morgan fingerprint density at radius 3 is 2.38 bits per heavy atom. The van der Waals surface area contributed by atoms with Crippen molar-refractivity contribution in [3.63, 3.8) is 0 Å². The van der Waals surface area contributed by atoms with Gasteiger partial charge in [-0.2, -0.15) is 0 Å². The molecule has 0 atom stereocenters. The van der Waals surface area contributed by atoms with Crippen molar-refractivity contribution in [3.05, 3.63) is 46.9 Å². The third-order valence-electron chi connectivity index (χ3n) is 3.86. The molecule has 0 bridgehead atoms. The van der Waals surface area contributed by atoms with Gasteiger partial charge in [0, 0.05) is 29.8 Å². The Morgan fingerprint density at radius 1 is 1.15 bits per heavy atom. The summed E-state index contributed by atoms with van der Waals surface area (Å²) in [5.74, 6) is -1.82. The molecule has 0 fully saturated rings. The predicted octanol–water partition coefficient (Wildman–Crippen LogP) is 3.70. The number of benzene rings is 1. The molecule has 2 aromatic rings. The van der Waals surface area contributed by atoms with Gasteiger partial charge < -0.3 is 20.2 Å². The van der Waals surface area contributed by atoms with E-state index in [2.05, 4.69) is 10.6 Å². The lowest BCUT2D eigenvalue weighted by atomic mass is 10.1. The summed E-state index contributed by atoms with van der Waals surface area (Å²) in [6.45, 7) is 7.13. The molecule has 1 heterocycles. The van der Waals surface area contributed by atoms with E-state index in [-0.39, 0.29) is 28.9 Å². The highest BCUT2D eigenvalue weighted by atomic mass is 16.4. The number of carboxylic acids is 1. The van der Waals surface area contributed by atoms with Crippen LogP contribution in [-0.2, 0) is 11.2 Å². The summed E-state index contributed by atoms with van der Waals surface area (Å²) >= 11 is 0. The maximum absolute atomic E-state index is 12.4. The van der Waals surface area contributed by atoms with Gasteiger partial charge in [0.15, 0.2) is 5.76 Å². The molecule has 2 amide bonds. The molecule has 2 rings (SSSR count). The van der Waals surface area contributed by atoms with Gasteiger partial charge in [0.1, 0.15) is 11.3 Å². The van der Waals surface area contributed by atoms with Crippen molar-refractivity contribution in [1.29, 1.82) is 0 Å². The van der Waals surface area contributed by atoms with Gasteiger partial charge in [-0.25, -0.2) is 4.79 Å². The highest BCUT2D eigenvalue weighted by Gasteiger charge is 2.20. The highest BCUT2D eigenvalue weighted by molar-refractivity contribution is 6.05. The predicted molar refractivity (Wildman–Crippen MR) is 97.6 cm³/mol. The lowest BCUT2D eigenvalue weighted by molar-refractivity contribution is -0.118. The van der Waals surface area contributed by atoms with Crippen molar-refractivity contribution in [2.75, 3.05) is 10.6 Å². The van der Waals surface area contributed by atoms with Crippen molar-refractivity contribution < 1.29 is 23.9 Å². The van der Waals surface area contributed by atoms with Gasteiger partial charge in [-0.3, -0.25) is 9.59 Å². The molecule has 1 aromatic heterocycles. The number of carbonyl (C=O) groups is 3. The van der Waals surface area contributed by atoms with Gasteiger partial charge in [-0.15, -0.1) is 0 Å². The number of nitrogens with one attached hydrogen (secondary N) is 2. The fourth-order valence-electron chi connectivity index (χ4n) is 2.29. The quantitative estimate of drug-likeness (QED) is 0.729. The van der Waals surface area contributed by atoms with Crippen molar-refractivity contribution in [1.82, 2.24) is 0 Å². The second kappa shape index (κ2) is 7.86. The van der Waals surface area contributed by atoms with E-state index in [0.717, 1.165) is 5.56 Å². The Balaban J connectivity index is 2.23. The topological polar surface area (TPSA) is 109 Å². The molecule has 0 saturated heterocycles. The summed E-state index contributed by atoms with van der Waals surface area (Å²) in [6, 6.07) is 6.38. The Morgan fingerprint density at radius 2 is 1.85 bits per heavy atom. The fraction of sp³-hybridized carbons (Fsp3) is 0.316. The molecule has 0 aliphatic carbocycles. The van der Waals surface area contributed by atoms with Crippen LogP contribution in [0.4, 0.5) is 11.4 Å². The van der Waals surface area contributed by atoms with Crippen LogP contribution in [-0.4, -0.2) is 22.9 Å². The van der Waals surface area contributed by atoms with Gasteiger partial charge in [0.2, 0.25) is 5.91 Å². The van der Waals surface area contributed by atoms with Crippen molar-refractivity contribution >= 4 is 29.2 Å². The molecule has 3 N–H and O–H groups in total. The first-order valence-corrected chi connectivity index (χ1v) is 8.31. The number of furan rings is 1. The minimum absolute atomic E-state index is 0.0210. The number of anilines is 2. The summed E-state index contributed by atoms with van der Waals surface area (Å²) in [7, 11) is 0.